The quantitative estimate of drug-likeness (QED) is 0.802. The Kier molecular flexibility index (Phi) is 3.99. The smallest absolute Gasteiger partial charge is 0.175 e. The topological polar surface area (TPSA) is 60.7 Å². The first kappa shape index (κ1) is 13.7. The van der Waals surface area contributed by atoms with Gasteiger partial charge in [-0.2, -0.15) is 5.10 Å². The van der Waals surface area contributed by atoms with E-state index in [-0.39, 0.29) is 11.0 Å². The Hall–Kier alpha value is -1.69. The predicted octanol–water partition coefficient (Wildman–Crippen LogP) is 2.35. The highest BCUT2D eigenvalue weighted by molar-refractivity contribution is 8.00. The number of aryl methyl sites for hydroxylation is 2. The van der Waals surface area contributed by atoms with Gasteiger partial charge in [0.25, 0.3) is 0 Å². The van der Waals surface area contributed by atoms with E-state index in [9.17, 15) is 4.79 Å². The first-order chi connectivity index (χ1) is 8.97. The maximum atomic E-state index is 11.2. The van der Waals surface area contributed by atoms with Gasteiger partial charge in [0.05, 0.1) is 10.9 Å². The van der Waals surface area contributed by atoms with Crippen molar-refractivity contribution in [3.63, 3.8) is 0 Å². The molecule has 0 bridgehead atoms. The Bertz CT molecular complexity index is 591. The highest BCUT2D eigenvalue weighted by atomic mass is 32.2. The minimum absolute atomic E-state index is 0.103. The van der Waals surface area contributed by atoms with Crippen molar-refractivity contribution in [3.8, 4) is 5.82 Å². The van der Waals surface area contributed by atoms with E-state index in [1.54, 1.807) is 11.6 Å². The number of rotatable bonds is 4. The summed E-state index contributed by atoms with van der Waals surface area (Å²) in [7, 11) is 0. The minimum Gasteiger partial charge on any atom is -0.299 e. The second-order valence-electron chi connectivity index (χ2n) is 4.44. The van der Waals surface area contributed by atoms with Crippen molar-refractivity contribution in [3.05, 3.63) is 29.6 Å². The number of carbonyl (C=O) groups is 1. The van der Waals surface area contributed by atoms with Gasteiger partial charge in [0.1, 0.15) is 10.8 Å². The van der Waals surface area contributed by atoms with Crippen LogP contribution in [0.1, 0.15) is 25.2 Å². The molecule has 0 aromatic carbocycles. The first-order valence-electron chi connectivity index (χ1n) is 6.02. The highest BCUT2D eigenvalue weighted by Crippen LogP contribution is 2.21. The molecule has 0 fully saturated rings. The van der Waals surface area contributed by atoms with Crippen molar-refractivity contribution in [2.75, 3.05) is 0 Å². The summed E-state index contributed by atoms with van der Waals surface area (Å²) < 4.78 is 1.76. The summed E-state index contributed by atoms with van der Waals surface area (Å²) in [5.41, 5.74) is 1.97. The molecule has 0 amide bonds. The number of ketones is 1. The van der Waals surface area contributed by atoms with Crippen molar-refractivity contribution in [1.82, 2.24) is 20.0 Å². The van der Waals surface area contributed by atoms with Gasteiger partial charge in [-0.3, -0.25) is 4.79 Å². The van der Waals surface area contributed by atoms with Crippen LogP contribution in [0.4, 0.5) is 0 Å². The van der Waals surface area contributed by atoms with Crippen LogP contribution >= 0.6 is 11.8 Å². The summed E-state index contributed by atoms with van der Waals surface area (Å²) in [6.45, 7) is 7.36. The summed E-state index contributed by atoms with van der Waals surface area (Å²) in [6, 6.07) is 5.71. The van der Waals surface area contributed by atoms with Crippen LogP contribution in [0.2, 0.25) is 0 Å². The number of hydrogen-bond donors (Lipinski definition) is 0. The molecular weight excluding hydrogens is 260 g/mol. The first-order valence-corrected chi connectivity index (χ1v) is 6.90. The summed E-state index contributed by atoms with van der Waals surface area (Å²) in [4.78, 5) is 11.2. The number of Topliss-reactive ketones (excluding diaryl/α,β-unsaturated/α-hetero) is 1. The van der Waals surface area contributed by atoms with Gasteiger partial charge in [-0.05, 0) is 45.9 Å². The standard InChI is InChI=1S/C13H16N4OS/c1-8-7-9(2)17(16-8)12-5-6-13(15-14-12)19-11(4)10(3)18/h5-7,11H,1-4H3. The summed E-state index contributed by atoms with van der Waals surface area (Å²) in [5.74, 6) is 0.819. The van der Waals surface area contributed by atoms with E-state index >= 15 is 0 Å². The fourth-order valence-electron chi connectivity index (χ4n) is 1.61. The van der Waals surface area contributed by atoms with Gasteiger partial charge in [0.2, 0.25) is 0 Å². The Morgan fingerprint density at radius 1 is 1.32 bits per heavy atom. The van der Waals surface area contributed by atoms with Crippen LogP contribution in [0.25, 0.3) is 5.82 Å². The average Bonchev–Trinajstić information content (AvgIpc) is 2.69. The molecule has 0 saturated heterocycles. The van der Waals surface area contributed by atoms with Gasteiger partial charge >= 0.3 is 0 Å². The molecule has 100 valence electrons. The Balaban J connectivity index is 2.19. The Morgan fingerprint density at radius 3 is 2.53 bits per heavy atom. The predicted molar refractivity (Wildman–Crippen MR) is 74.6 cm³/mol. The number of thioether (sulfide) groups is 1. The maximum Gasteiger partial charge on any atom is 0.175 e. The van der Waals surface area contributed by atoms with Gasteiger partial charge in [0.15, 0.2) is 5.82 Å². The van der Waals surface area contributed by atoms with Crippen molar-refractivity contribution in [2.45, 2.75) is 38.0 Å². The molecule has 0 saturated carbocycles. The maximum absolute atomic E-state index is 11.2. The van der Waals surface area contributed by atoms with Crippen molar-refractivity contribution in [1.29, 1.82) is 0 Å². The van der Waals surface area contributed by atoms with Gasteiger partial charge < -0.3 is 0 Å². The molecule has 6 heteroatoms. The molecule has 1 atom stereocenters. The van der Waals surface area contributed by atoms with Crippen molar-refractivity contribution in [2.24, 2.45) is 0 Å². The van der Waals surface area contributed by atoms with Crippen LogP contribution in [-0.4, -0.2) is 31.0 Å². The van der Waals surface area contributed by atoms with E-state index in [1.165, 1.54) is 11.8 Å². The molecule has 2 rings (SSSR count). The summed E-state index contributed by atoms with van der Waals surface area (Å²) in [5, 5.41) is 13.3. The lowest BCUT2D eigenvalue weighted by Gasteiger charge is -2.07. The molecular formula is C13H16N4OS. The molecule has 2 aromatic heterocycles. The number of carbonyl (C=O) groups excluding carboxylic acids is 1. The third-order valence-electron chi connectivity index (χ3n) is 2.72. The van der Waals surface area contributed by atoms with Crippen molar-refractivity contribution < 1.29 is 4.79 Å². The van der Waals surface area contributed by atoms with Crippen LogP contribution in [0.5, 0.6) is 0 Å². The lowest BCUT2D eigenvalue weighted by Crippen LogP contribution is -2.09. The molecule has 2 heterocycles. The molecule has 1 unspecified atom stereocenters. The fraction of sp³-hybridized carbons (Fsp3) is 0.385. The summed E-state index contributed by atoms with van der Waals surface area (Å²) in [6.07, 6.45) is 0. The Labute approximate surface area is 116 Å². The molecule has 0 aliphatic carbocycles. The van der Waals surface area contributed by atoms with Gasteiger partial charge in [-0.1, -0.05) is 11.8 Å². The highest BCUT2D eigenvalue weighted by Gasteiger charge is 2.11. The molecule has 0 spiro atoms. The van der Waals surface area contributed by atoms with Crippen LogP contribution < -0.4 is 0 Å². The largest absolute Gasteiger partial charge is 0.299 e. The van der Waals surface area contributed by atoms with Crippen LogP contribution in [0.15, 0.2) is 23.2 Å². The molecule has 0 aliphatic heterocycles. The van der Waals surface area contributed by atoms with Gasteiger partial charge in [-0.25, -0.2) is 4.68 Å². The number of hydrogen-bond acceptors (Lipinski definition) is 5. The molecule has 5 nitrogen and oxygen atoms in total. The molecule has 2 aromatic rings. The molecule has 0 aliphatic rings. The zero-order valence-corrected chi connectivity index (χ0v) is 12.2. The normalized spacial score (nSPS) is 12.4. The van der Waals surface area contributed by atoms with E-state index in [4.69, 9.17) is 0 Å². The number of nitrogens with zero attached hydrogens (tertiary/aromatic N) is 4. The molecule has 0 radical (unpaired) electrons. The SMILES string of the molecule is CC(=O)C(C)Sc1ccc(-n2nc(C)cc2C)nn1. The Morgan fingerprint density at radius 2 is 2.05 bits per heavy atom. The zero-order valence-electron chi connectivity index (χ0n) is 11.4. The van der Waals surface area contributed by atoms with Crippen LogP contribution in [0.3, 0.4) is 0 Å². The fourth-order valence-corrected chi connectivity index (χ4v) is 2.38. The third kappa shape index (κ3) is 3.20. The lowest BCUT2D eigenvalue weighted by atomic mass is 10.3. The van der Waals surface area contributed by atoms with E-state index in [1.807, 2.05) is 39.0 Å². The molecule has 0 N–H and O–H groups in total. The van der Waals surface area contributed by atoms with E-state index in [2.05, 4.69) is 15.3 Å². The molecule has 19 heavy (non-hydrogen) atoms. The van der Waals surface area contributed by atoms with Crippen molar-refractivity contribution >= 4 is 17.5 Å². The lowest BCUT2D eigenvalue weighted by molar-refractivity contribution is -0.116. The van der Waals surface area contributed by atoms with Crippen LogP contribution in [-0.2, 0) is 4.79 Å². The van der Waals surface area contributed by atoms with E-state index < -0.39 is 0 Å². The average molecular weight is 276 g/mol. The van der Waals surface area contributed by atoms with Gasteiger partial charge in [-0.15, -0.1) is 10.2 Å². The summed E-state index contributed by atoms with van der Waals surface area (Å²) >= 11 is 1.41. The van der Waals surface area contributed by atoms with E-state index in [0.29, 0.717) is 5.82 Å². The van der Waals surface area contributed by atoms with Crippen LogP contribution in [0, 0.1) is 13.8 Å². The zero-order chi connectivity index (χ0) is 14.0. The van der Waals surface area contributed by atoms with E-state index in [0.717, 1.165) is 16.4 Å². The number of aromatic nitrogens is 4. The second kappa shape index (κ2) is 5.52. The minimum atomic E-state index is -0.103. The third-order valence-corrected chi connectivity index (χ3v) is 3.87. The second-order valence-corrected chi connectivity index (χ2v) is 5.80. The van der Waals surface area contributed by atoms with Gasteiger partial charge in [0, 0.05) is 5.69 Å². The monoisotopic (exact) mass is 276 g/mol.